The van der Waals surface area contributed by atoms with Crippen LogP contribution in [-0.4, -0.2) is 59.0 Å². The number of sulfonamides is 1. The zero-order valence-electron chi connectivity index (χ0n) is 23.2. The van der Waals surface area contributed by atoms with Crippen molar-refractivity contribution in [1.82, 2.24) is 10.3 Å². The molecule has 1 fully saturated rings. The summed E-state index contributed by atoms with van der Waals surface area (Å²) in [5, 5.41) is 3.61. The van der Waals surface area contributed by atoms with Crippen molar-refractivity contribution in [3.8, 4) is 11.3 Å². The number of aromatic nitrogens is 1. The molecule has 9 nitrogen and oxygen atoms in total. The Morgan fingerprint density at radius 2 is 1.86 bits per heavy atom. The van der Waals surface area contributed by atoms with Crippen LogP contribution in [0.1, 0.15) is 40.2 Å². The van der Waals surface area contributed by atoms with E-state index in [9.17, 15) is 17.6 Å². The van der Waals surface area contributed by atoms with Crippen LogP contribution in [0.5, 0.6) is 0 Å². The summed E-state index contributed by atoms with van der Waals surface area (Å²) < 4.78 is 58.4. The number of halogens is 2. The van der Waals surface area contributed by atoms with Gasteiger partial charge < -0.3 is 19.2 Å². The number of fused-ring (bicyclic) bond motifs is 1. The predicted octanol–water partition coefficient (Wildman–Crippen LogP) is 5.52. The van der Waals surface area contributed by atoms with E-state index in [1.807, 2.05) is 12.1 Å². The van der Waals surface area contributed by atoms with Gasteiger partial charge in [-0.2, -0.15) is 0 Å². The van der Waals surface area contributed by atoms with Crippen molar-refractivity contribution in [1.29, 1.82) is 0 Å². The highest BCUT2D eigenvalue weighted by Gasteiger charge is 2.33. The van der Waals surface area contributed by atoms with E-state index in [2.05, 4.69) is 10.3 Å². The number of furan rings is 1. The minimum atomic E-state index is -3.69. The molecule has 0 atom stereocenters. The molecule has 0 aliphatic heterocycles. The van der Waals surface area contributed by atoms with Crippen LogP contribution in [-0.2, 0) is 26.1 Å². The maximum absolute atomic E-state index is 13.6. The van der Waals surface area contributed by atoms with Crippen LogP contribution in [0.4, 0.5) is 10.1 Å². The number of benzene rings is 2. The summed E-state index contributed by atoms with van der Waals surface area (Å²) >= 11 is 5.89. The van der Waals surface area contributed by atoms with Crippen LogP contribution in [0.2, 0.25) is 5.15 Å². The number of nitrogens with zero attached hydrogens (tertiary/aromatic N) is 2. The third-order valence-corrected chi connectivity index (χ3v) is 8.34. The van der Waals surface area contributed by atoms with Gasteiger partial charge in [-0.25, -0.2) is 17.8 Å². The van der Waals surface area contributed by atoms with Gasteiger partial charge in [-0.1, -0.05) is 11.6 Å². The van der Waals surface area contributed by atoms with Gasteiger partial charge in [-0.15, -0.1) is 0 Å². The van der Waals surface area contributed by atoms with Crippen molar-refractivity contribution in [2.75, 3.05) is 44.0 Å². The molecule has 12 heteroatoms. The second kappa shape index (κ2) is 12.8. The number of rotatable bonds is 13. The monoisotopic (exact) mass is 615 g/mol. The molecule has 42 heavy (non-hydrogen) atoms. The Morgan fingerprint density at radius 1 is 1.12 bits per heavy atom. The van der Waals surface area contributed by atoms with Crippen molar-refractivity contribution in [2.45, 2.75) is 25.4 Å². The van der Waals surface area contributed by atoms with Gasteiger partial charge in [0.25, 0.3) is 5.91 Å². The molecule has 0 saturated heterocycles. The molecule has 0 bridgehead atoms. The summed E-state index contributed by atoms with van der Waals surface area (Å²) in [6.45, 7) is 1.17. The standard InChI is InChI=1S/C30H31ClFN3O6S/c1-33-30(36)28-24-16-23(20-3-4-20)25(17-26(24)41-29(28)21-5-7-22(32)8-6-21)35(42(2,37)38)11-12-39-13-14-40-18-19-9-10-34-27(31)15-19/h5-10,15-17,20H,3-4,11-14,18H2,1-2H3,(H,33,36). The Labute approximate surface area is 248 Å². The first-order valence-corrected chi connectivity index (χ1v) is 15.7. The second-order valence-corrected chi connectivity index (χ2v) is 12.4. The van der Waals surface area contributed by atoms with Gasteiger partial charge in [0.1, 0.15) is 22.3 Å². The Morgan fingerprint density at radius 3 is 2.52 bits per heavy atom. The summed E-state index contributed by atoms with van der Waals surface area (Å²) in [5.74, 6) is -0.325. The fourth-order valence-corrected chi connectivity index (χ4v) is 5.91. The first-order valence-electron chi connectivity index (χ1n) is 13.5. The summed E-state index contributed by atoms with van der Waals surface area (Å²) in [7, 11) is -2.17. The molecule has 2 aromatic heterocycles. The van der Waals surface area contributed by atoms with Gasteiger partial charge in [-0.3, -0.25) is 9.10 Å². The van der Waals surface area contributed by atoms with Gasteiger partial charge in [0.05, 0.1) is 50.5 Å². The van der Waals surface area contributed by atoms with Gasteiger partial charge in [-0.05, 0) is 72.4 Å². The SMILES string of the molecule is CNC(=O)c1c(-c2ccc(F)cc2)oc2cc(N(CCOCCOCc3ccnc(Cl)c3)S(C)(=O)=O)c(C3CC3)cc12. The summed E-state index contributed by atoms with van der Waals surface area (Å²) in [6, 6.07) is 12.7. The summed E-state index contributed by atoms with van der Waals surface area (Å²) in [5.41, 5.74) is 3.40. The smallest absolute Gasteiger partial charge is 0.255 e. The number of carbonyl (C=O) groups is 1. The van der Waals surface area contributed by atoms with Crippen LogP contribution in [0.25, 0.3) is 22.3 Å². The lowest BCUT2D eigenvalue weighted by Crippen LogP contribution is -2.34. The number of hydrogen-bond acceptors (Lipinski definition) is 7. The third kappa shape index (κ3) is 6.92. The van der Waals surface area contributed by atoms with E-state index in [0.717, 1.165) is 30.2 Å². The molecule has 0 radical (unpaired) electrons. The van der Waals surface area contributed by atoms with Crippen LogP contribution in [0.15, 0.2) is 59.1 Å². The van der Waals surface area contributed by atoms with Gasteiger partial charge in [0.15, 0.2) is 0 Å². The highest BCUT2D eigenvalue weighted by Crippen LogP contribution is 2.48. The molecule has 5 rings (SSSR count). The number of nitrogens with one attached hydrogen (secondary N) is 1. The predicted molar refractivity (Wildman–Crippen MR) is 159 cm³/mol. The Balaban J connectivity index is 1.37. The molecule has 2 heterocycles. The van der Waals surface area contributed by atoms with E-state index in [1.165, 1.54) is 35.6 Å². The van der Waals surface area contributed by atoms with E-state index < -0.39 is 15.8 Å². The lowest BCUT2D eigenvalue weighted by atomic mass is 10.0. The third-order valence-electron chi connectivity index (χ3n) is 6.95. The lowest BCUT2D eigenvalue weighted by Gasteiger charge is -2.25. The van der Waals surface area contributed by atoms with E-state index in [-0.39, 0.29) is 37.3 Å². The molecular weight excluding hydrogens is 585 g/mol. The van der Waals surface area contributed by atoms with Crippen molar-refractivity contribution < 1.29 is 31.5 Å². The molecule has 1 aliphatic rings. The van der Waals surface area contributed by atoms with Gasteiger partial charge in [0.2, 0.25) is 10.0 Å². The summed E-state index contributed by atoms with van der Waals surface area (Å²) in [4.78, 5) is 16.9. The topological polar surface area (TPSA) is 111 Å². The number of amides is 1. The Kier molecular flexibility index (Phi) is 9.12. The number of carbonyl (C=O) groups excluding carboxylic acids is 1. The highest BCUT2D eigenvalue weighted by atomic mass is 35.5. The average molecular weight is 616 g/mol. The minimum Gasteiger partial charge on any atom is -0.455 e. The van der Waals surface area contributed by atoms with Crippen molar-refractivity contribution >= 4 is 44.2 Å². The van der Waals surface area contributed by atoms with Crippen LogP contribution in [0.3, 0.4) is 0 Å². The zero-order chi connectivity index (χ0) is 29.9. The lowest BCUT2D eigenvalue weighted by molar-refractivity contribution is 0.0435. The molecule has 1 saturated carbocycles. The van der Waals surface area contributed by atoms with Crippen molar-refractivity contribution in [3.05, 3.63) is 82.4 Å². The normalized spacial score (nSPS) is 13.4. The Bertz CT molecular complexity index is 1690. The second-order valence-electron chi connectivity index (χ2n) is 10.1. The number of anilines is 1. The minimum absolute atomic E-state index is 0.0812. The molecule has 0 unspecified atom stereocenters. The summed E-state index contributed by atoms with van der Waals surface area (Å²) in [6.07, 6.45) is 4.57. The molecule has 1 amide bonds. The van der Waals surface area contributed by atoms with E-state index in [4.69, 9.17) is 25.5 Å². The maximum Gasteiger partial charge on any atom is 0.255 e. The number of pyridine rings is 1. The molecule has 222 valence electrons. The number of hydrogen-bond donors (Lipinski definition) is 1. The van der Waals surface area contributed by atoms with E-state index in [1.54, 1.807) is 18.3 Å². The van der Waals surface area contributed by atoms with E-state index in [0.29, 0.717) is 46.2 Å². The molecule has 2 aromatic carbocycles. The van der Waals surface area contributed by atoms with Crippen molar-refractivity contribution in [2.24, 2.45) is 0 Å². The first-order chi connectivity index (χ1) is 20.2. The number of ether oxygens (including phenoxy) is 2. The van der Waals surface area contributed by atoms with Crippen molar-refractivity contribution in [3.63, 3.8) is 0 Å². The quantitative estimate of drug-likeness (QED) is 0.156. The largest absolute Gasteiger partial charge is 0.455 e. The fourth-order valence-electron chi connectivity index (χ4n) is 4.80. The molecule has 1 aliphatic carbocycles. The van der Waals surface area contributed by atoms with Crippen LogP contribution >= 0.6 is 11.6 Å². The first kappa shape index (κ1) is 30.0. The molecule has 0 spiro atoms. The van der Waals surface area contributed by atoms with Gasteiger partial charge in [0, 0.05) is 30.3 Å². The average Bonchev–Trinajstić information content (AvgIpc) is 3.73. The van der Waals surface area contributed by atoms with Crippen LogP contribution < -0.4 is 9.62 Å². The van der Waals surface area contributed by atoms with Gasteiger partial charge >= 0.3 is 0 Å². The zero-order valence-corrected chi connectivity index (χ0v) is 24.8. The Hall–Kier alpha value is -3.51. The molecule has 1 N–H and O–H groups in total. The maximum atomic E-state index is 13.6. The highest BCUT2D eigenvalue weighted by molar-refractivity contribution is 7.92. The van der Waals surface area contributed by atoms with E-state index >= 15 is 0 Å². The van der Waals surface area contributed by atoms with Crippen LogP contribution in [0, 0.1) is 5.82 Å². The molecule has 4 aromatic rings. The fraction of sp³-hybridized carbons (Fsp3) is 0.333. The molecular formula is C30H31ClFN3O6S.